The van der Waals surface area contributed by atoms with E-state index in [2.05, 4.69) is 32.1 Å². The third-order valence-electron chi connectivity index (χ3n) is 7.06. The van der Waals surface area contributed by atoms with E-state index in [9.17, 15) is 25.2 Å². The number of rotatable bonds is 13. The summed E-state index contributed by atoms with van der Waals surface area (Å²) in [6, 6.07) is 1.73. The molecule has 8 nitrogen and oxygen atoms in total. The van der Waals surface area contributed by atoms with E-state index in [1.807, 2.05) is 6.92 Å². The molecule has 0 spiro atoms. The summed E-state index contributed by atoms with van der Waals surface area (Å²) in [4.78, 5) is 10.7. The quantitative estimate of drug-likeness (QED) is 0.232. The Balaban J connectivity index is 1.94. The number of phenolic OH excluding ortho intramolecular Hbond substituents is 1. The monoisotopic (exact) mass is 532 g/mol. The van der Waals surface area contributed by atoms with Crippen LogP contribution in [0.3, 0.4) is 0 Å². The molecule has 0 aliphatic carbocycles. The summed E-state index contributed by atoms with van der Waals surface area (Å²) in [5.41, 5.74) is 5.67. The number of ether oxygens (including phenoxy) is 2. The van der Waals surface area contributed by atoms with E-state index >= 15 is 0 Å². The summed E-state index contributed by atoms with van der Waals surface area (Å²) in [7, 11) is 0. The Hall–Kier alpha value is -2.65. The molecule has 8 heteroatoms. The van der Waals surface area contributed by atoms with Crippen LogP contribution in [0.25, 0.3) is 0 Å². The highest BCUT2D eigenvalue weighted by molar-refractivity contribution is 5.67. The number of phenols is 1. The van der Waals surface area contributed by atoms with E-state index in [1.165, 1.54) is 11.1 Å². The molecule has 5 N–H and O–H groups in total. The number of hydrogen-bond donors (Lipinski definition) is 5. The van der Waals surface area contributed by atoms with E-state index in [4.69, 9.17) is 14.6 Å². The number of benzene rings is 1. The van der Waals surface area contributed by atoms with Gasteiger partial charge >= 0.3 is 5.97 Å². The van der Waals surface area contributed by atoms with Crippen LogP contribution < -0.4 is 4.74 Å². The zero-order valence-corrected chi connectivity index (χ0v) is 23.2. The van der Waals surface area contributed by atoms with Crippen molar-refractivity contribution < 1.29 is 39.8 Å². The SMILES string of the molecule is C/C(=C\CC/C(C)=C/Cc1cc(O[C@@H]2OC[C@@H](O)[C@H](O)[C@H]2O)c(C)c(C)c1O)CC/C=C(\C)CCC(=O)O. The second-order valence-corrected chi connectivity index (χ2v) is 10.3. The second kappa shape index (κ2) is 15.1. The van der Waals surface area contributed by atoms with Crippen molar-refractivity contribution in [1.29, 1.82) is 0 Å². The van der Waals surface area contributed by atoms with Crippen molar-refractivity contribution in [2.24, 2.45) is 0 Å². The van der Waals surface area contributed by atoms with Gasteiger partial charge in [-0.25, -0.2) is 0 Å². The number of aliphatic carboxylic acids is 1. The van der Waals surface area contributed by atoms with Crippen LogP contribution in [-0.2, 0) is 16.0 Å². The molecule has 2 rings (SSSR count). The molecule has 1 aromatic carbocycles. The summed E-state index contributed by atoms with van der Waals surface area (Å²) in [5.74, 6) is -0.128. The summed E-state index contributed by atoms with van der Waals surface area (Å²) < 4.78 is 11.2. The number of aliphatic hydroxyl groups excluding tert-OH is 3. The maximum Gasteiger partial charge on any atom is 0.303 e. The van der Waals surface area contributed by atoms with Gasteiger partial charge in [-0.3, -0.25) is 4.79 Å². The van der Waals surface area contributed by atoms with Gasteiger partial charge in [0, 0.05) is 12.0 Å². The lowest BCUT2D eigenvalue weighted by atomic mass is 9.99. The number of allylic oxidation sites excluding steroid dienone is 6. The Kier molecular flexibility index (Phi) is 12.5. The normalized spacial score (nSPS) is 23.0. The van der Waals surface area contributed by atoms with Crippen molar-refractivity contribution in [3.8, 4) is 11.5 Å². The van der Waals surface area contributed by atoms with Crippen LogP contribution in [0.5, 0.6) is 11.5 Å². The zero-order valence-electron chi connectivity index (χ0n) is 23.2. The zero-order chi connectivity index (χ0) is 28.4. The highest BCUT2D eigenvalue weighted by Gasteiger charge is 2.39. The molecule has 0 unspecified atom stereocenters. The third-order valence-corrected chi connectivity index (χ3v) is 7.06. The van der Waals surface area contributed by atoms with Crippen molar-refractivity contribution >= 4 is 5.97 Å². The molecule has 0 aromatic heterocycles. The van der Waals surface area contributed by atoms with Crippen molar-refractivity contribution in [1.82, 2.24) is 0 Å². The fraction of sp³-hybridized carbons (Fsp3) is 0.567. The summed E-state index contributed by atoms with van der Waals surface area (Å²) >= 11 is 0. The van der Waals surface area contributed by atoms with Gasteiger partial charge in [0.25, 0.3) is 0 Å². The molecule has 0 amide bonds. The number of carboxylic acid groups (broad SMARTS) is 1. The summed E-state index contributed by atoms with van der Waals surface area (Å²) in [5, 5.41) is 49.3. The molecule has 212 valence electrons. The topological polar surface area (TPSA) is 137 Å². The predicted molar refractivity (Wildman–Crippen MR) is 146 cm³/mol. The molecule has 1 heterocycles. The summed E-state index contributed by atoms with van der Waals surface area (Å²) in [6.07, 6.45) is 6.30. The van der Waals surface area contributed by atoms with Crippen molar-refractivity contribution in [2.45, 2.75) is 104 Å². The standard InChI is InChI=1S/C30H44O8/c1-18(9-7-11-20(3)13-15-26(32)33)8-6-10-19(2)12-14-23-16-25(21(4)22(5)27(23)34)38-30-29(36)28(35)24(31)17-37-30/h8,11-12,16,24,28-31,34-36H,6-7,9-10,13-15,17H2,1-5H3,(H,32,33)/b18-8+,19-12+,20-11+/t24-,28+,29-,30+/m1/s1. The van der Waals surface area contributed by atoms with Gasteiger partial charge in [-0.15, -0.1) is 0 Å². The lowest BCUT2D eigenvalue weighted by Crippen LogP contribution is -2.54. The van der Waals surface area contributed by atoms with Crippen LogP contribution in [0.4, 0.5) is 0 Å². The number of aliphatic hydroxyl groups is 3. The molecule has 1 aliphatic rings. The van der Waals surface area contributed by atoms with Crippen LogP contribution in [0.2, 0.25) is 0 Å². The lowest BCUT2D eigenvalue weighted by molar-refractivity contribution is -0.242. The fourth-order valence-electron chi connectivity index (χ4n) is 4.21. The number of aromatic hydroxyl groups is 1. The molecule has 0 radical (unpaired) electrons. The van der Waals surface area contributed by atoms with Gasteiger partial charge in [0.05, 0.1) is 6.61 Å². The minimum Gasteiger partial charge on any atom is -0.507 e. The van der Waals surface area contributed by atoms with Crippen LogP contribution >= 0.6 is 0 Å². The van der Waals surface area contributed by atoms with Crippen LogP contribution in [0.1, 0.15) is 76.0 Å². The first kappa shape index (κ1) is 31.6. The summed E-state index contributed by atoms with van der Waals surface area (Å²) in [6.45, 7) is 9.60. The number of hydrogen-bond acceptors (Lipinski definition) is 7. The molecule has 1 aliphatic heterocycles. The van der Waals surface area contributed by atoms with Crippen molar-refractivity contribution in [2.75, 3.05) is 6.61 Å². The smallest absolute Gasteiger partial charge is 0.303 e. The van der Waals surface area contributed by atoms with E-state index in [1.54, 1.807) is 19.9 Å². The highest BCUT2D eigenvalue weighted by atomic mass is 16.7. The Morgan fingerprint density at radius 1 is 0.921 bits per heavy atom. The molecule has 38 heavy (non-hydrogen) atoms. The molecule has 1 fully saturated rings. The maximum absolute atomic E-state index is 10.7. The average Bonchev–Trinajstić information content (AvgIpc) is 2.87. The van der Waals surface area contributed by atoms with Gasteiger partial charge in [-0.2, -0.15) is 0 Å². The predicted octanol–water partition coefficient (Wildman–Crippen LogP) is 4.63. The molecule has 0 saturated carbocycles. The number of carboxylic acids is 1. The first-order valence-corrected chi connectivity index (χ1v) is 13.2. The van der Waals surface area contributed by atoms with Crippen molar-refractivity contribution in [3.63, 3.8) is 0 Å². The molecule has 1 saturated heterocycles. The van der Waals surface area contributed by atoms with Gasteiger partial charge in [-0.05, 0) is 90.3 Å². The van der Waals surface area contributed by atoms with Crippen LogP contribution in [0, 0.1) is 13.8 Å². The largest absolute Gasteiger partial charge is 0.507 e. The molecule has 4 atom stereocenters. The Morgan fingerprint density at radius 3 is 2.11 bits per heavy atom. The van der Waals surface area contributed by atoms with Crippen LogP contribution in [0.15, 0.2) is 41.0 Å². The second-order valence-electron chi connectivity index (χ2n) is 10.3. The third kappa shape index (κ3) is 9.58. The van der Waals surface area contributed by atoms with Crippen molar-refractivity contribution in [3.05, 3.63) is 57.7 Å². The minimum atomic E-state index is -1.40. The van der Waals surface area contributed by atoms with E-state index in [-0.39, 0.29) is 18.8 Å². The maximum atomic E-state index is 10.7. The Labute approximate surface area is 225 Å². The van der Waals surface area contributed by atoms with Gasteiger partial charge in [-0.1, -0.05) is 34.9 Å². The van der Waals surface area contributed by atoms with Gasteiger partial charge < -0.3 is 35.0 Å². The molecular formula is C30H44O8. The number of carbonyl (C=O) groups is 1. The van der Waals surface area contributed by atoms with Crippen LogP contribution in [-0.4, -0.2) is 62.7 Å². The molecule has 1 aromatic rings. The minimum absolute atomic E-state index is 0.148. The van der Waals surface area contributed by atoms with Gasteiger partial charge in [0.2, 0.25) is 6.29 Å². The first-order chi connectivity index (χ1) is 17.9. The van der Waals surface area contributed by atoms with E-state index in [0.29, 0.717) is 35.3 Å². The van der Waals surface area contributed by atoms with E-state index in [0.717, 1.165) is 31.3 Å². The first-order valence-electron chi connectivity index (χ1n) is 13.2. The lowest BCUT2D eigenvalue weighted by Gasteiger charge is -2.35. The van der Waals surface area contributed by atoms with E-state index < -0.39 is 30.6 Å². The average molecular weight is 533 g/mol. The van der Waals surface area contributed by atoms with Gasteiger partial charge in [0.15, 0.2) is 0 Å². The molecule has 0 bridgehead atoms. The molecular weight excluding hydrogens is 488 g/mol. The Morgan fingerprint density at radius 2 is 1.50 bits per heavy atom. The highest BCUT2D eigenvalue weighted by Crippen LogP contribution is 2.35. The Bertz CT molecular complexity index is 1040. The van der Waals surface area contributed by atoms with Gasteiger partial charge in [0.1, 0.15) is 29.8 Å². The fourth-order valence-corrected chi connectivity index (χ4v) is 4.21.